The standard InChI is InChI=1S/C13H16N2O5/c16-10(13(19)20)8-15-11(17)6-7-14-12(18)9-4-2-1-3-5-9/h1-5,10,16H,6-8H2,(H,14,18)(H,15,17)(H,19,20). The lowest BCUT2D eigenvalue weighted by atomic mass is 10.2. The maximum absolute atomic E-state index is 11.6. The predicted octanol–water partition coefficient (Wildman–Crippen LogP) is -0.632. The van der Waals surface area contributed by atoms with E-state index in [9.17, 15) is 14.4 Å². The van der Waals surface area contributed by atoms with Gasteiger partial charge < -0.3 is 20.8 Å². The summed E-state index contributed by atoms with van der Waals surface area (Å²) in [5.74, 6) is -2.13. The van der Waals surface area contributed by atoms with Crippen LogP contribution in [0.4, 0.5) is 0 Å². The first-order chi connectivity index (χ1) is 9.50. The second-order valence-corrected chi connectivity index (χ2v) is 4.03. The third kappa shape index (κ3) is 5.49. The van der Waals surface area contributed by atoms with Crippen molar-refractivity contribution in [3.05, 3.63) is 35.9 Å². The molecule has 0 fully saturated rings. The Morgan fingerprint density at radius 2 is 1.75 bits per heavy atom. The SMILES string of the molecule is O=C(CCNC(=O)c1ccccc1)NCC(O)C(=O)O. The summed E-state index contributed by atoms with van der Waals surface area (Å²) in [6, 6.07) is 8.55. The van der Waals surface area contributed by atoms with Gasteiger partial charge in [-0.2, -0.15) is 0 Å². The number of aliphatic hydroxyl groups is 1. The quantitative estimate of drug-likeness (QED) is 0.530. The summed E-state index contributed by atoms with van der Waals surface area (Å²) in [6.45, 7) is -0.233. The zero-order chi connectivity index (χ0) is 15.0. The lowest BCUT2D eigenvalue weighted by Crippen LogP contribution is -2.38. The van der Waals surface area contributed by atoms with Gasteiger partial charge in [0, 0.05) is 18.5 Å². The van der Waals surface area contributed by atoms with Gasteiger partial charge in [0.25, 0.3) is 5.91 Å². The third-order valence-corrected chi connectivity index (χ3v) is 2.45. The van der Waals surface area contributed by atoms with Crippen molar-refractivity contribution in [1.82, 2.24) is 10.6 Å². The van der Waals surface area contributed by atoms with Crippen LogP contribution in [-0.2, 0) is 9.59 Å². The zero-order valence-corrected chi connectivity index (χ0v) is 10.7. The molecule has 0 bridgehead atoms. The molecular formula is C13H16N2O5. The Morgan fingerprint density at radius 3 is 2.35 bits per heavy atom. The molecule has 20 heavy (non-hydrogen) atoms. The Morgan fingerprint density at radius 1 is 1.10 bits per heavy atom. The number of carbonyl (C=O) groups excluding carboxylic acids is 2. The number of benzene rings is 1. The van der Waals surface area contributed by atoms with E-state index < -0.39 is 18.0 Å². The van der Waals surface area contributed by atoms with E-state index in [4.69, 9.17) is 10.2 Å². The van der Waals surface area contributed by atoms with Gasteiger partial charge in [0.15, 0.2) is 6.10 Å². The minimum Gasteiger partial charge on any atom is -0.479 e. The van der Waals surface area contributed by atoms with Crippen molar-refractivity contribution in [3.63, 3.8) is 0 Å². The number of carboxylic acid groups (broad SMARTS) is 1. The van der Waals surface area contributed by atoms with Crippen LogP contribution in [0, 0.1) is 0 Å². The van der Waals surface area contributed by atoms with Gasteiger partial charge in [-0.3, -0.25) is 9.59 Å². The molecule has 2 amide bonds. The lowest BCUT2D eigenvalue weighted by molar-refractivity contribution is -0.146. The fraction of sp³-hybridized carbons (Fsp3) is 0.308. The van der Waals surface area contributed by atoms with Gasteiger partial charge in [-0.15, -0.1) is 0 Å². The Bertz CT molecular complexity index is 475. The van der Waals surface area contributed by atoms with Gasteiger partial charge in [0.05, 0.1) is 6.54 Å². The summed E-state index contributed by atoms with van der Waals surface area (Å²) >= 11 is 0. The lowest BCUT2D eigenvalue weighted by Gasteiger charge is -2.08. The molecule has 0 aromatic heterocycles. The number of amides is 2. The van der Waals surface area contributed by atoms with Gasteiger partial charge >= 0.3 is 5.97 Å². The number of carboxylic acids is 1. The monoisotopic (exact) mass is 280 g/mol. The van der Waals surface area contributed by atoms with Crippen LogP contribution in [0.1, 0.15) is 16.8 Å². The van der Waals surface area contributed by atoms with Crippen LogP contribution in [0.3, 0.4) is 0 Å². The summed E-state index contributed by atoms with van der Waals surface area (Å²) in [7, 11) is 0. The molecule has 1 unspecified atom stereocenters. The van der Waals surface area contributed by atoms with Crippen molar-refractivity contribution in [3.8, 4) is 0 Å². The molecule has 0 aliphatic heterocycles. The van der Waals surface area contributed by atoms with Gasteiger partial charge in [-0.05, 0) is 12.1 Å². The number of rotatable bonds is 7. The molecule has 108 valence electrons. The van der Waals surface area contributed by atoms with Crippen LogP contribution < -0.4 is 10.6 Å². The van der Waals surface area contributed by atoms with E-state index in [1.54, 1.807) is 30.3 Å². The van der Waals surface area contributed by atoms with Crippen molar-refractivity contribution in [1.29, 1.82) is 0 Å². The number of carbonyl (C=O) groups is 3. The Hall–Kier alpha value is -2.41. The predicted molar refractivity (Wildman–Crippen MR) is 70.0 cm³/mol. The van der Waals surface area contributed by atoms with Crippen molar-refractivity contribution < 1.29 is 24.6 Å². The maximum Gasteiger partial charge on any atom is 0.334 e. The van der Waals surface area contributed by atoms with Gasteiger partial charge in [-0.25, -0.2) is 4.79 Å². The zero-order valence-electron chi connectivity index (χ0n) is 10.7. The van der Waals surface area contributed by atoms with Crippen LogP contribution in [0.25, 0.3) is 0 Å². The Balaban J connectivity index is 2.22. The largest absolute Gasteiger partial charge is 0.479 e. The van der Waals surface area contributed by atoms with Crippen LogP contribution in [-0.4, -0.2) is 47.2 Å². The minimum absolute atomic E-state index is 0.00487. The van der Waals surface area contributed by atoms with E-state index in [0.717, 1.165) is 0 Å². The molecule has 0 aliphatic carbocycles. The summed E-state index contributed by atoms with van der Waals surface area (Å²) in [6.07, 6.45) is -1.62. The molecule has 0 saturated heterocycles. The van der Waals surface area contributed by atoms with Crippen molar-refractivity contribution >= 4 is 17.8 Å². The van der Waals surface area contributed by atoms with Crippen molar-refractivity contribution in [2.45, 2.75) is 12.5 Å². The smallest absolute Gasteiger partial charge is 0.334 e. The molecule has 4 N–H and O–H groups in total. The fourth-order valence-electron chi connectivity index (χ4n) is 1.37. The second-order valence-electron chi connectivity index (χ2n) is 4.03. The van der Waals surface area contributed by atoms with E-state index >= 15 is 0 Å². The third-order valence-electron chi connectivity index (χ3n) is 2.45. The first-order valence-electron chi connectivity index (χ1n) is 6.01. The van der Waals surface area contributed by atoms with E-state index in [1.165, 1.54) is 0 Å². The van der Waals surface area contributed by atoms with Crippen molar-refractivity contribution in [2.75, 3.05) is 13.1 Å². The molecule has 0 heterocycles. The molecule has 0 saturated carbocycles. The maximum atomic E-state index is 11.6. The number of aliphatic carboxylic acids is 1. The summed E-state index contributed by atoms with van der Waals surface area (Å²) in [5, 5.41) is 22.2. The van der Waals surface area contributed by atoms with Crippen LogP contribution in [0.2, 0.25) is 0 Å². The Kier molecular flexibility index (Phi) is 6.18. The van der Waals surface area contributed by atoms with E-state index in [2.05, 4.69) is 10.6 Å². The fourth-order valence-corrected chi connectivity index (χ4v) is 1.37. The Labute approximate surface area is 115 Å². The van der Waals surface area contributed by atoms with Gasteiger partial charge in [0.1, 0.15) is 0 Å². The number of nitrogens with one attached hydrogen (secondary N) is 2. The molecule has 0 radical (unpaired) electrons. The average molecular weight is 280 g/mol. The van der Waals surface area contributed by atoms with Crippen LogP contribution >= 0.6 is 0 Å². The highest BCUT2D eigenvalue weighted by Crippen LogP contribution is 1.97. The number of aliphatic hydroxyl groups excluding tert-OH is 1. The highest BCUT2D eigenvalue weighted by Gasteiger charge is 2.14. The van der Waals surface area contributed by atoms with Gasteiger partial charge in [0.2, 0.25) is 5.91 Å². The highest BCUT2D eigenvalue weighted by molar-refractivity contribution is 5.94. The van der Waals surface area contributed by atoms with Crippen LogP contribution in [0.15, 0.2) is 30.3 Å². The molecule has 1 atom stereocenters. The topological polar surface area (TPSA) is 116 Å². The number of hydrogen-bond donors (Lipinski definition) is 4. The summed E-state index contributed by atoms with van der Waals surface area (Å²) < 4.78 is 0. The summed E-state index contributed by atoms with van der Waals surface area (Å²) in [5.41, 5.74) is 0.495. The van der Waals surface area contributed by atoms with E-state index in [-0.39, 0.29) is 25.4 Å². The van der Waals surface area contributed by atoms with Gasteiger partial charge in [-0.1, -0.05) is 18.2 Å². The molecule has 1 aromatic carbocycles. The molecule has 1 rings (SSSR count). The first-order valence-corrected chi connectivity index (χ1v) is 6.01. The highest BCUT2D eigenvalue weighted by atomic mass is 16.4. The summed E-state index contributed by atoms with van der Waals surface area (Å²) in [4.78, 5) is 33.3. The van der Waals surface area contributed by atoms with E-state index in [1.807, 2.05) is 0 Å². The minimum atomic E-state index is -1.63. The molecule has 0 aliphatic rings. The first kappa shape index (κ1) is 15.6. The molecular weight excluding hydrogens is 264 g/mol. The average Bonchev–Trinajstić information content (AvgIpc) is 2.45. The molecule has 7 nitrogen and oxygen atoms in total. The van der Waals surface area contributed by atoms with Crippen molar-refractivity contribution in [2.24, 2.45) is 0 Å². The molecule has 0 spiro atoms. The molecule has 1 aromatic rings. The van der Waals surface area contributed by atoms with Crippen LogP contribution in [0.5, 0.6) is 0 Å². The van der Waals surface area contributed by atoms with E-state index in [0.29, 0.717) is 5.56 Å². The normalized spacial score (nSPS) is 11.4. The number of hydrogen-bond acceptors (Lipinski definition) is 4. The second kappa shape index (κ2) is 7.90. The molecule has 7 heteroatoms.